The second-order valence-corrected chi connectivity index (χ2v) is 35.6. The Morgan fingerprint density at radius 1 is 0.218 bits per heavy atom. The van der Waals surface area contributed by atoms with Crippen LogP contribution in [0, 0.1) is 19.7 Å². The number of hydrogen-bond donors (Lipinski definition) is 3. The van der Waals surface area contributed by atoms with Crippen molar-refractivity contribution in [3.63, 3.8) is 0 Å². The van der Waals surface area contributed by atoms with E-state index in [2.05, 4.69) is 404 Å². The Bertz CT molecular complexity index is 7170. The van der Waals surface area contributed by atoms with Gasteiger partial charge in [-0.15, -0.1) is 0 Å². The fourth-order valence-corrected chi connectivity index (χ4v) is 17.9. The molecular formula is C122H112N14O6. The summed E-state index contributed by atoms with van der Waals surface area (Å²) < 4.78 is 0. The molecule has 0 heterocycles. The SMILES string of the molecule is [C-]#[N+]/C(=C\c1ccc(N(c2ccc(N(C)C)c3c(N(C)C)cccc23)c2ccc(N(C)C)c3c(N(C)C)cccc23)cc1)C(=O)O.[C-]#[N+]/C(=C\c1ccc(N(c2ccc(N(C)C)c3ccccc23)c2ccc(N(C)C)c3ccccc23)cc1)C(=O)O.[C-]#[N+]/C(=C\c1ccc(N(c2ccc(N(Cc3ccccc3)Cc3ccccc3)cc2)c2ccc(N(Cc3ccccc3)Cc3ccccc3)cc2)cc1)C(=O)O. The summed E-state index contributed by atoms with van der Waals surface area (Å²) in [4.78, 5) is 68.3. The first kappa shape index (κ1) is 98.2. The van der Waals surface area contributed by atoms with Crippen LogP contribution >= 0.6 is 0 Å². The van der Waals surface area contributed by atoms with Crippen LogP contribution in [0.25, 0.3) is 75.9 Å². The van der Waals surface area contributed by atoms with E-state index in [1.165, 1.54) is 40.5 Å². The number of carboxylic acid groups (broad SMARTS) is 3. The highest BCUT2D eigenvalue weighted by atomic mass is 16.4. The van der Waals surface area contributed by atoms with Crippen LogP contribution in [0.2, 0.25) is 0 Å². The molecule has 142 heavy (non-hydrogen) atoms. The molecule has 17 rings (SSSR count). The fraction of sp³-hybridized carbons (Fsp3) is 0.131. The standard InChI is InChI=1S/C50H42N4O2.C38H40N6O2.C34H30N4O2/c1-51-49(50(55)56)34-39-22-24-46(25-23-39)54(47-30-26-44(27-31-47)52(35-40-14-6-2-7-15-40)36-41-16-8-3-9-17-41)48-32-28-45(29-33-48)53(37-42-18-10-4-11-19-42)38-43-20-12-5-13-21-43;1-39-29(38(45)46)24-25-16-18-26(19-17-25)44(30-20-22-34(42(6)7)36-27(30)12-10-14-32(36)40(2)3)31-21-23-35(43(8)9)37-28(31)13-11-15-33(37)41(4)5;1-35-29(34(39)40)22-23-14-16-24(17-15-23)38(32-20-18-30(36(2)3)25-10-6-8-12-27(25)32)33-21-19-31(37(4)5)26-11-7-9-13-28(26)33/h2-34H,35-38H2,(H,55,56);10-24H,2-9H3,(H,45,46);6-22H,2-5H3,(H,39,40)/b49-34-;29-24-;29-22-. The number of rotatable bonds is 31. The molecule has 0 aliphatic rings. The van der Waals surface area contributed by atoms with E-state index in [1.54, 1.807) is 0 Å². The van der Waals surface area contributed by atoms with Gasteiger partial charge in [-0.1, -0.05) is 231 Å². The lowest BCUT2D eigenvalue weighted by Crippen LogP contribution is -2.22. The average molecular weight is 1870 g/mol. The Kier molecular flexibility index (Phi) is 31.2. The van der Waals surface area contributed by atoms with Crippen LogP contribution in [0.15, 0.2) is 393 Å². The largest absolute Gasteiger partial charge is 0.486 e. The summed E-state index contributed by atoms with van der Waals surface area (Å²) in [6, 6.07) is 129. The summed E-state index contributed by atoms with van der Waals surface area (Å²) in [6.45, 7) is 24.8. The Balaban J connectivity index is 0.000000163. The van der Waals surface area contributed by atoms with Gasteiger partial charge in [0.25, 0.3) is 17.1 Å². The van der Waals surface area contributed by atoms with Gasteiger partial charge in [-0.3, -0.25) is 14.4 Å². The number of carbonyl (C=O) groups is 3. The molecule has 0 radical (unpaired) electrons. The van der Waals surface area contributed by atoms with Crippen LogP contribution < -0.4 is 53.9 Å². The third-order valence-corrected chi connectivity index (χ3v) is 24.8. The minimum absolute atomic E-state index is 0.319. The highest BCUT2D eigenvalue weighted by molar-refractivity contribution is 6.16. The van der Waals surface area contributed by atoms with Gasteiger partial charge in [0.05, 0.1) is 42.5 Å². The van der Waals surface area contributed by atoms with E-state index in [9.17, 15) is 29.7 Å². The summed E-state index contributed by atoms with van der Waals surface area (Å²) >= 11 is 0. The number of carboxylic acids is 3. The van der Waals surface area contributed by atoms with E-state index in [0.717, 1.165) is 166 Å². The van der Waals surface area contributed by atoms with Gasteiger partial charge in [0.15, 0.2) is 0 Å². The molecule has 0 unspecified atom stereocenters. The molecular weight excluding hydrogens is 1760 g/mol. The molecule has 0 amide bonds. The highest BCUT2D eigenvalue weighted by Gasteiger charge is 2.27. The quantitative estimate of drug-likeness (QED) is 0.0278. The molecule has 0 aromatic heterocycles. The first-order valence-corrected chi connectivity index (χ1v) is 46.5. The molecule has 0 saturated carbocycles. The van der Waals surface area contributed by atoms with Gasteiger partial charge in [-0.2, -0.15) is 0 Å². The molecule has 20 nitrogen and oxygen atoms in total. The van der Waals surface area contributed by atoms with Crippen LogP contribution in [0.5, 0.6) is 0 Å². The van der Waals surface area contributed by atoms with Crippen molar-refractivity contribution in [3.8, 4) is 0 Å². The van der Waals surface area contributed by atoms with Gasteiger partial charge in [0.2, 0.25) is 0 Å². The normalized spacial score (nSPS) is 11.2. The van der Waals surface area contributed by atoms with Crippen molar-refractivity contribution >= 4 is 176 Å². The molecule has 0 aliphatic carbocycles. The van der Waals surface area contributed by atoms with Crippen LogP contribution in [-0.4, -0.2) is 118 Å². The predicted molar refractivity (Wildman–Crippen MR) is 592 cm³/mol. The fourth-order valence-electron chi connectivity index (χ4n) is 17.9. The summed E-state index contributed by atoms with van der Waals surface area (Å²) in [7, 11) is 24.7. The van der Waals surface area contributed by atoms with Gasteiger partial charge in [0, 0.05) is 228 Å². The lowest BCUT2D eigenvalue weighted by Gasteiger charge is -2.32. The van der Waals surface area contributed by atoms with Crippen molar-refractivity contribution in [3.05, 3.63) is 466 Å². The van der Waals surface area contributed by atoms with Crippen molar-refractivity contribution in [1.29, 1.82) is 0 Å². The summed E-state index contributed by atoms with van der Waals surface area (Å²) in [5.74, 6) is -3.72. The summed E-state index contributed by atoms with van der Waals surface area (Å²) in [5, 5.41) is 37.1. The van der Waals surface area contributed by atoms with Crippen molar-refractivity contribution in [2.45, 2.75) is 26.2 Å². The first-order chi connectivity index (χ1) is 68.8. The molecule has 17 aromatic rings. The third kappa shape index (κ3) is 22.7. The summed E-state index contributed by atoms with van der Waals surface area (Å²) in [6.07, 6.45) is 4.19. The van der Waals surface area contributed by atoms with Gasteiger partial charge >= 0.3 is 17.9 Å². The van der Waals surface area contributed by atoms with Gasteiger partial charge < -0.3 is 69.2 Å². The van der Waals surface area contributed by atoms with Crippen molar-refractivity contribution in [2.24, 2.45) is 0 Å². The molecule has 20 heteroatoms. The highest BCUT2D eigenvalue weighted by Crippen LogP contribution is 2.51. The number of aliphatic carboxylic acids is 3. The lowest BCUT2D eigenvalue weighted by molar-refractivity contribution is -0.133. The maximum atomic E-state index is 11.5. The number of benzene rings is 17. The number of nitrogens with zero attached hydrogens (tertiary/aromatic N) is 14. The molecule has 0 atom stereocenters. The second-order valence-electron chi connectivity index (χ2n) is 35.6. The second kappa shape index (κ2) is 45.1. The summed E-state index contributed by atoms with van der Waals surface area (Å²) in [5.41, 5.74) is 23.6. The Hall–Kier alpha value is -18.3. The minimum Gasteiger partial charge on any atom is -0.486 e. The minimum atomic E-state index is -1.24. The predicted octanol–water partition coefficient (Wildman–Crippen LogP) is 27.9. The van der Waals surface area contributed by atoms with E-state index in [4.69, 9.17) is 19.7 Å². The van der Waals surface area contributed by atoms with Crippen LogP contribution in [0.1, 0.15) is 38.9 Å². The number of fused-ring (bicyclic) bond motifs is 4. The molecule has 0 bridgehead atoms. The van der Waals surface area contributed by atoms with Crippen LogP contribution in [0.3, 0.4) is 0 Å². The van der Waals surface area contributed by atoms with E-state index >= 15 is 0 Å². The molecule has 0 fully saturated rings. The zero-order valence-electron chi connectivity index (χ0n) is 81.7. The van der Waals surface area contributed by atoms with Crippen molar-refractivity contribution in [1.82, 2.24) is 0 Å². The Morgan fingerprint density at radius 2 is 0.415 bits per heavy atom. The topological polar surface area (TPSA) is 161 Å². The molecule has 17 aromatic carbocycles. The maximum absolute atomic E-state index is 11.5. The van der Waals surface area contributed by atoms with Gasteiger partial charge in [-0.25, -0.2) is 14.5 Å². The van der Waals surface area contributed by atoms with Crippen LogP contribution in [0.4, 0.5) is 96.7 Å². The van der Waals surface area contributed by atoms with Gasteiger partial charge in [0.1, 0.15) is 0 Å². The van der Waals surface area contributed by atoms with E-state index in [0.29, 0.717) is 16.7 Å². The Labute approximate surface area is 831 Å². The Morgan fingerprint density at radius 3 is 0.662 bits per heavy atom. The van der Waals surface area contributed by atoms with Crippen molar-refractivity contribution in [2.75, 3.05) is 138 Å². The monoisotopic (exact) mass is 1870 g/mol. The zero-order valence-corrected chi connectivity index (χ0v) is 81.7. The number of hydrogen-bond acceptors (Lipinski definition) is 14. The zero-order chi connectivity index (χ0) is 100. The maximum Gasteiger partial charge on any atom is 0.333 e. The van der Waals surface area contributed by atoms with E-state index in [-0.39, 0.29) is 17.1 Å². The van der Waals surface area contributed by atoms with E-state index < -0.39 is 17.9 Å². The smallest absolute Gasteiger partial charge is 0.333 e. The average Bonchev–Trinajstić information content (AvgIpc) is 0.738. The van der Waals surface area contributed by atoms with Gasteiger partial charge in [-0.05, 0) is 203 Å². The molecule has 0 spiro atoms. The van der Waals surface area contributed by atoms with Crippen LogP contribution in [-0.2, 0) is 40.6 Å². The molecule has 0 aliphatic heterocycles. The number of anilines is 17. The first-order valence-electron chi connectivity index (χ1n) is 46.5. The lowest BCUT2D eigenvalue weighted by atomic mass is 9.99. The molecule has 706 valence electrons. The van der Waals surface area contributed by atoms with E-state index in [1.807, 2.05) is 125 Å². The third-order valence-electron chi connectivity index (χ3n) is 24.8. The van der Waals surface area contributed by atoms with Crippen molar-refractivity contribution < 1.29 is 29.7 Å². The molecule has 3 N–H and O–H groups in total. The molecule has 0 saturated heterocycles.